The maximum atomic E-state index is 13.1. The molecule has 0 fully saturated rings. The molecule has 3 N–H and O–H groups in total. The minimum absolute atomic E-state index is 0. The van der Waals surface area contributed by atoms with E-state index in [1.807, 2.05) is 6.07 Å². The van der Waals surface area contributed by atoms with Crippen LogP contribution in [0.5, 0.6) is 0 Å². The average Bonchev–Trinajstić information content (AvgIpc) is 2.68. The molecule has 1 unspecified atom stereocenters. The van der Waals surface area contributed by atoms with E-state index in [9.17, 15) is 9.18 Å². The maximum Gasteiger partial charge on any atom is 0.222 e. The van der Waals surface area contributed by atoms with Crippen molar-refractivity contribution < 1.29 is 9.18 Å². The Morgan fingerprint density at radius 3 is 2.54 bits per heavy atom. The summed E-state index contributed by atoms with van der Waals surface area (Å²) in [4.78, 5) is 18.4. The lowest BCUT2D eigenvalue weighted by Crippen LogP contribution is -2.47. The number of rotatable bonds is 5. The second-order valence-electron chi connectivity index (χ2n) is 6.80. The monoisotopic (exact) mass is 496 g/mol. The fourth-order valence-electron chi connectivity index (χ4n) is 3.40. The van der Waals surface area contributed by atoms with Crippen molar-refractivity contribution in [3.8, 4) is 0 Å². The molecule has 2 aromatic rings. The Balaban J connectivity index is 0.00000280. The number of amides is 1. The van der Waals surface area contributed by atoms with Gasteiger partial charge in [-0.05, 0) is 41.7 Å². The van der Waals surface area contributed by atoms with Crippen LogP contribution < -0.4 is 11.1 Å². The average molecular weight is 496 g/mol. The number of aliphatic imine (C=N–C) groups is 1. The number of fused-ring (bicyclic) bond motifs is 1. The number of guanidine groups is 1. The van der Waals surface area contributed by atoms with E-state index in [1.165, 1.54) is 23.3 Å². The molecule has 0 saturated heterocycles. The minimum Gasteiger partial charge on any atom is -0.369 e. The molecule has 28 heavy (non-hydrogen) atoms. The molecule has 1 aliphatic heterocycles. The van der Waals surface area contributed by atoms with Crippen molar-refractivity contribution in [2.45, 2.75) is 19.4 Å². The van der Waals surface area contributed by atoms with Crippen molar-refractivity contribution in [3.63, 3.8) is 0 Å². The number of carbonyl (C=O) groups is 1. The van der Waals surface area contributed by atoms with E-state index in [-0.39, 0.29) is 35.7 Å². The zero-order valence-corrected chi connectivity index (χ0v) is 18.2. The van der Waals surface area contributed by atoms with Gasteiger partial charge in [0.25, 0.3) is 0 Å². The highest BCUT2D eigenvalue weighted by Crippen LogP contribution is 2.18. The van der Waals surface area contributed by atoms with E-state index in [2.05, 4.69) is 33.4 Å². The molecule has 150 valence electrons. The SMILES string of the molecule is CN=C(NCC(Cc1ccc(F)cc1)C(N)=O)N1CCc2ccccc2C1.I. The molecule has 1 amide bonds. The third kappa shape index (κ3) is 5.67. The standard InChI is InChI=1S/C21H25FN4O.HI/c1-24-21(26-11-10-16-4-2-3-5-17(16)14-26)25-13-18(20(23)27)12-15-6-8-19(22)9-7-15;/h2-9,18H,10-14H2,1H3,(H2,23,27)(H,24,25);1H. The summed E-state index contributed by atoms with van der Waals surface area (Å²) < 4.78 is 13.1. The van der Waals surface area contributed by atoms with E-state index in [1.54, 1.807) is 19.2 Å². The second kappa shape index (κ2) is 10.4. The van der Waals surface area contributed by atoms with Crippen LogP contribution in [0.25, 0.3) is 0 Å². The number of hydrogen-bond donors (Lipinski definition) is 2. The predicted octanol–water partition coefficient (Wildman–Crippen LogP) is 2.72. The molecule has 0 spiro atoms. The van der Waals surface area contributed by atoms with E-state index in [0.717, 1.165) is 31.0 Å². The van der Waals surface area contributed by atoms with Crippen molar-refractivity contribution in [1.29, 1.82) is 0 Å². The molecule has 0 saturated carbocycles. The number of carbonyl (C=O) groups excluding carboxylic acids is 1. The largest absolute Gasteiger partial charge is 0.369 e. The Bertz CT molecular complexity index is 825. The van der Waals surface area contributed by atoms with Crippen LogP contribution in [0.4, 0.5) is 4.39 Å². The molecule has 0 aromatic heterocycles. The molecule has 5 nitrogen and oxygen atoms in total. The first kappa shape index (κ1) is 22.1. The van der Waals surface area contributed by atoms with Crippen LogP contribution in [0.3, 0.4) is 0 Å². The number of benzene rings is 2. The molecule has 2 aromatic carbocycles. The molecular formula is C21H26FIN4O. The summed E-state index contributed by atoms with van der Waals surface area (Å²) in [5.41, 5.74) is 9.12. The normalized spacial score (nSPS) is 14.6. The molecule has 1 atom stereocenters. The summed E-state index contributed by atoms with van der Waals surface area (Å²) >= 11 is 0. The van der Waals surface area contributed by atoms with Crippen LogP contribution in [0.2, 0.25) is 0 Å². The van der Waals surface area contributed by atoms with Crippen LogP contribution in [-0.4, -0.2) is 36.9 Å². The van der Waals surface area contributed by atoms with Crippen LogP contribution >= 0.6 is 24.0 Å². The number of hydrogen-bond acceptors (Lipinski definition) is 2. The van der Waals surface area contributed by atoms with Gasteiger partial charge in [-0.3, -0.25) is 9.79 Å². The highest BCUT2D eigenvalue weighted by molar-refractivity contribution is 14.0. The smallest absolute Gasteiger partial charge is 0.222 e. The van der Waals surface area contributed by atoms with Crippen LogP contribution in [0, 0.1) is 11.7 Å². The second-order valence-corrected chi connectivity index (χ2v) is 6.80. The van der Waals surface area contributed by atoms with Crippen LogP contribution in [0.15, 0.2) is 53.5 Å². The van der Waals surface area contributed by atoms with Gasteiger partial charge in [0.2, 0.25) is 5.91 Å². The Kier molecular flexibility index (Phi) is 8.22. The third-order valence-corrected chi connectivity index (χ3v) is 4.95. The lowest BCUT2D eigenvalue weighted by molar-refractivity contribution is -0.121. The summed E-state index contributed by atoms with van der Waals surface area (Å²) in [6.45, 7) is 2.04. The van der Waals surface area contributed by atoms with Crippen molar-refractivity contribution in [2.75, 3.05) is 20.1 Å². The van der Waals surface area contributed by atoms with Crippen LogP contribution in [0.1, 0.15) is 16.7 Å². The fraction of sp³-hybridized carbons (Fsp3) is 0.333. The Morgan fingerprint density at radius 1 is 1.21 bits per heavy atom. The van der Waals surface area contributed by atoms with Gasteiger partial charge in [0.1, 0.15) is 5.82 Å². The van der Waals surface area contributed by atoms with Crippen molar-refractivity contribution >= 4 is 35.8 Å². The van der Waals surface area contributed by atoms with Gasteiger partial charge in [-0.15, -0.1) is 24.0 Å². The topological polar surface area (TPSA) is 70.7 Å². The highest BCUT2D eigenvalue weighted by Gasteiger charge is 2.21. The van der Waals surface area contributed by atoms with Crippen LogP contribution in [-0.2, 0) is 24.2 Å². The first-order valence-corrected chi connectivity index (χ1v) is 9.13. The molecular weight excluding hydrogens is 470 g/mol. The van der Waals surface area contributed by atoms with Gasteiger partial charge in [-0.1, -0.05) is 36.4 Å². The molecule has 1 heterocycles. The quantitative estimate of drug-likeness (QED) is 0.380. The van der Waals surface area contributed by atoms with Gasteiger partial charge in [0, 0.05) is 26.7 Å². The molecule has 0 bridgehead atoms. The van der Waals surface area contributed by atoms with E-state index in [4.69, 9.17) is 5.73 Å². The summed E-state index contributed by atoms with van der Waals surface area (Å²) in [6, 6.07) is 14.6. The molecule has 3 rings (SSSR count). The fourth-order valence-corrected chi connectivity index (χ4v) is 3.40. The third-order valence-electron chi connectivity index (χ3n) is 4.95. The molecule has 7 heteroatoms. The molecule has 0 radical (unpaired) electrons. The first-order valence-electron chi connectivity index (χ1n) is 9.13. The Labute approximate surface area is 182 Å². The number of nitrogens with zero attached hydrogens (tertiary/aromatic N) is 2. The van der Waals surface area contributed by atoms with Gasteiger partial charge in [-0.25, -0.2) is 4.39 Å². The Morgan fingerprint density at radius 2 is 1.89 bits per heavy atom. The lowest BCUT2D eigenvalue weighted by atomic mass is 9.98. The summed E-state index contributed by atoms with van der Waals surface area (Å²) in [5.74, 6) is -0.316. The number of primary amides is 1. The van der Waals surface area contributed by atoms with Crippen molar-refractivity contribution in [1.82, 2.24) is 10.2 Å². The predicted molar refractivity (Wildman–Crippen MR) is 120 cm³/mol. The summed E-state index contributed by atoms with van der Waals surface area (Å²) in [7, 11) is 1.74. The zero-order valence-electron chi connectivity index (χ0n) is 15.9. The molecule has 1 aliphatic rings. The van der Waals surface area contributed by atoms with Gasteiger partial charge < -0.3 is 16.0 Å². The van der Waals surface area contributed by atoms with E-state index in [0.29, 0.717) is 13.0 Å². The highest BCUT2D eigenvalue weighted by atomic mass is 127. The lowest BCUT2D eigenvalue weighted by Gasteiger charge is -2.32. The number of nitrogens with one attached hydrogen (secondary N) is 1. The maximum absolute atomic E-state index is 13.1. The Hall–Kier alpha value is -2.16. The summed E-state index contributed by atoms with van der Waals surface area (Å²) in [6.07, 6.45) is 1.42. The first-order chi connectivity index (χ1) is 13.1. The van der Waals surface area contributed by atoms with Gasteiger partial charge in [-0.2, -0.15) is 0 Å². The van der Waals surface area contributed by atoms with Gasteiger partial charge in [0.05, 0.1) is 5.92 Å². The van der Waals surface area contributed by atoms with E-state index >= 15 is 0 Å². The summed E-state index contributed by atoms with van der Waals surface area (Å²) in [5, 5.41) is 3.28. The minimum atomic E-state index is -0.399. The number of nitrogens with two attached hydrogens (primary N) is 1. The van der Waals surface area contributed by atoms with Crippen molar-refractivity contribution in [2.24, 2.45) is 16.6 Å². The van der Waals surface area contributed by atoms with Crippen molar-refractivity contribution in [3.05, 3.63) is 71.0 Å². The zero-order chi connectivity index (χ0) is 19.2. The van der Waals surface area contributed by atoms with Gasteiger partial charge in [0.15, 0.2) is 5.96 Å². The van der Waals surface area contributed by atoms with Gasteiger partial charge >= 0.3 is 0 Å². The number of halogens is 2. The van der Waals surface area contributed by atoms with E-state index < -0.39 is 5.92 Å². The molecule has 0 aliphatic carbocycles.